The monoisotopic (exact) mass is 277 g/mol. The second kappa shape index (κ2) is 5.53. The minimum Gasteiger partial charge on any atom is -0.361 e. The summed E-state index contributed by atoms with van der Waals surface area (Å²) in [5.74, 6) is -0.253. The number of carbonyl (C=O) groups excluding carboxylic acids is 1. The number of nitrogens with one attached hydrogen (secondary N) is 3. The average Bonchev–Trinajstić information content (AvgIpc) is 2.69. The molecule has 0 atom stereocenters. The Labute approximate surface area is 117 Å². The van der Waals surface area contributed by atoms with Crippen molar-refractivity contribution in [1.82, 2.24) is 15.6 Å². The van der Waals surface area contributed by atoms with E-state index in [1.807, 2.05) is 27.0 Å². The molecule has 5 heteroatoms. The fourth-order valence-electron chi connectivity index (χ4n) is 2.05. The molecule has 1 heterocycles. The molecular weight excluding hydrogens is 257 g/mol. The highest BCUT2D eigenvalue weighted by molar-refractivity contribution is 5.83. The molecule has 0 saturated heterocycles. The first-order chi connectivity index (χ1) is 9.35. The van der Waals surface area contributed by atoms with Crippen molar-refractivity contribution in [1.29, 1.82) is 0 Å². The topological polar surface area (TPSA) is 56.9 Å². The van der Waals surface area contributed by atoms with E-state index in [1.165, 1.54) is 12.1 Å². The molecule has 0 aliphatic heterocycles. The lowest BCUT2D eigenvalue weighted by Crippen LogP contribution is -2.46. The van der Waals surface area contributed by atoms with Gasteiger partial charge >= 0.3 is 6.03 Å². The number of urea groups is 1. The van der Waals surface area contributed by atoms with Gasteiger partial charge < -0.3 is 15.6 Å². The zero-order chi connectivity index (χ0) is 14.8. The molecule has 0 fully saturated rings. The van der Waals surface area contributed by atoms with Crippen LogP contribution in [-0.4, -0.2) is 23.1 Å². The molecule has 0 spiro atoms. The molecule has 108 valence electrons. The van der Waals surface area contributed by atoms with Gasteiger partial charge in [-0.1, -0.05) is 0 Å². The van der Waals surface area contributed by atoms with E-state index in [0.717, 1.165) is 16.5 Å². The molecular formula is C15H20FN3O. The van der Waals surface area contributed by atoms with Crippen molar-refractivity contribution in [2.24, 2.45) is 0 Å². The number of amides is 2. The third-order valence-electron chi connectivity index (χ3n) is 2.90. The van der Waals surface area contributed by atoms with Gasteiger partial charge in [-0.2, -0.15) is 0 Å². The molecule has 2 rings (SSSR count). The highest BCUT2D eigenvalue weighted by atomic mass is 19.1. The van der Waals surface area contributed by atoms with Gasteiger partial charge in [0.15, 0.2) is 0 Å². The van der Waals surface area contributed by atoms with E-state index in [9.17, 15) is 9.18 Å². The Kier molecular flexibility index (Phi) is 3.97. The van der Waals surface area contributed by atoms with Gasteiger partial charge in [-0.25, -0.2) is 9.18 Å². The molecule has 2 amide bonds. The van der Waals surface area contributed by atoms with Gasteiger partial charge in [0.25, 0.3) is 0 Å². The van der Waals surface area contributed by atoms with Crippen LogP contribution in [0.3, 0.4) is 0 Å². The molecule has 0 bridgehead atoms. The summed E-state index contributed by atoms with van der Waals surface area (Å²) < 4.78 is 13.2. The first kappa shape index (κ1) is 14.4. The van der Waals surface area contributed by atoms with E-state index in [4.69, 9.17) is 0 Å². The molecule has 0 aliphatic carbocycles. The maximum atomic E-state index is 13.2. The molecule has 4 nitrogen and oxygen atoms in total. The highest BCUT2D eigenvalue weighted by Gasteiger charge is 2.13. The van der Waals surface area contributed by atoms with Crippen LogP contribution in [0, 0.1) is 5.82 Å². The molecule has 1 aromatic heterocycles. The molecule has 0 saturated carbocycles. The quantitative estimate of drug-likeness (QED) is 0.793. The molecule has 0 unspecified atom stereocenters. The Morgan fingerprint density at radius 3 is 2.80 bits per heavy atom. The lowest BCUT2D eigenvalue weighted by Gasteiger charge is -2.20. The Morgan fingerprint density at radius 2 is 2.10 bits per heavy atom. The van der Waals surface area contributed by atoms with Crippen LogP contribution < -0.4 is 10.6 Å². The number of fused-ring (bicyclic) bond motifs is 1. The number of benzene rings is 1. The van der Waals surface area contributed by atoms with Crippen molar-refractivity contribution in [3.8, 4) is 0 Å². The SMILES string of the molecule is CC(C)(C)NC(=O)NCCc1c[nH]c2ccc(F)cc12. The summed E-state index contributed by atoms with van der Waals surface area (Å²) in [6, 6.07) is 4.46. The van der Waals surface area contributed by atoms with Gasteiger partial charge in [0.1, 0.15) is 5.82 Å². The summed E-state index contributed by atoms with van der Waals surface area (Å²) in [5, 5.41) is 6.49. The number of halogens is 1. The van der Waals surface area contributed by atoms with Crippen molar-refractivity contribution in [3.05, 3.63) is 35.8 Å². The summed E-state index contributed by atoms with van der Waals surface area (Å²) in [4.78, 5) is 14.7. The maximum absolute atomic E-state index is 13.2. The lowest BCUT2D eigenvalue weighted by atomic mass is 10.1. The van der Waals surface area contributed by atoms with Crippen molar-refractivity contribution < 1.29 is 9.18 Å². The van der Waals surface area contributed by atoms with E-state index in [0.29, 0.717) is 13.0 Å². The lowest BCUT2D eigenvalue weighted by molar-refractivity contribution is 0.232. The highest BCUT2D eigenvalue weighted by Crippen LogP contribution is 2.19. The molecule has 2 aromatic rings. The summed E-state index contributed by atoms with van der Waals surface area (Å²) in [6.45, 7) is 6.28. The molecule has 20 heavy (non-hydrogen) atoms. The summed E-state index contributed by atoms with van der Waals surface area (Å²) in [5.41, 5.74) is 1.64. The second-order valence-corrected chi connectivity index (χ2v) is 5.88. The van der Waals surface area contributed by atoms with Crippen LogP contribution in [0.5, 0.6) is 0 Å². The number of aromatic amines is 1. The maximum Gasteiger partial charge on any atom is 0.315 e. The van der Waals surface area contributed by atoms with Crippen LogP contribution in [0.2, 0.25) is 0 Å². The van der Waals surface area contributed by atoms with Crippen molar-refractivity contribution in [2.45, 2.75) is 32.7 Å². The van der Waals surface area contributed by atoms with E-state index < -0.39 is 0 Å². The molecule has 1 aromatic carbocycles. The number of H-pyrrole nitrogens is 1. The number of rotatable bonds is 3. The van der Waals surface area contributed by atoms with E-state index in [1.54, 1.807) is 6.07 Å². The third-order valence-corrected chi connectivity index (χ3v) is 2.90. The fraction of sp³-hybridized carbons (Fsp3) is 0.400. The number of carbonyl (C=O) groups is 1. The Balaban J connectivity index is 1.93. The first-order valence-corrected chi connectivity index (χ1v) is 6.67. The van der Waals surface area contributed by atoms with Gasteiger partial charge in [-0.15, -0.1) is 0 Å². The van der Waals surface area contributed by atoms with Crippen LogP contribution in [0.4, 0.5) is 9.18 Å². The predicted molar refractivity (Wildman–Crippen MR) is 78.2 cm³/mol. The van der Waals surface area contributed by atoms with Gasteiger partial charge in [-0.3, -0.25) is 0 Å². The minimum absolute atomic E-state index is 0.191. The number of hydrogen-bond acceptors (Lipinski definition) is 1. The van der Waals surface area contributed by atoms with Gasteiger partial charge in [0.2, 0.25) is 0 Å². The Bertz CT molecular complexity index is 613. The largest absolute Gasteiger partial charge is 0.361 e. The van der Waals surface area contributed by atoms with E-state index in [2.05, 4.69) is 15.6 Å². The third kappa shape index (κ3) is 3.73. The van der Waals surface area contributed by atoms with Crippen molar-refractivity contribution >= 4 is 16.9 Å². The molecule has 0 radical (unpaired) electrons. The van der Waals surface area contributed by atoms with Crippen LogP contribution >= 0.6 is 0 Å². The second-order valence-electron chi connectivity index (χ2n) is 5.88. The van der Waals surface area contributed by atoms with Gasteiger partial charge in [-0.05, 0) is 51.0 Å². The van der Waals surface area contributed by atoms with Crippen LogP contribution in [0.25, 0.3) is 10.9 Å². The standard InChI is InChI=1S/C15H20FN3O/c1-15(2,3)19-14(20)17-7-6-10-9-18-13-5-4-11(16)8-12(10)13/h4-5,8-9,18H,6-7H2,1-3H3,(H2,17,19,20). The Morgan fingerprint density at radius 1 is 1.35 bits per heavy atom. The molecule has 3 N–H and O–H groups in total. The first-order valence-electron chi connectivity index (χ1n) is 6.67. The van der Waals surface area contributed by atoms with Crippen LogP contribution in [0.15, 0.2) is 24.4 Å². The van der Waals surface area contributed by atoms with Crippen LogP contribution in [-0.2, 0) is 6.42 Å². The summed E-state index contributed by atoms with van der Waals surface area (Å²) >= 11 is 0. The predicted octanol–water partition coefficient (Wildman–Crippen LogP) is 2.95. The number of hydrogen-bond donors (Lipinski definition) is 3. The Hall–Kier alpha value is -2.04. The van der Waals surface area contributed by atoms with E-state index in [-0.39, 0.29) is 17.4 Å². The van der Waals surface area contributed by atoms with Gasteiger partial charge in [0, 0.05) is 29.2 Å². The average molecular weight is 277 g/mol. The zero-order valence-corrected chi connectivity index (χ0v) is 12.0. The van der Waals surface area contributed by atoms with Crippen LogP contribution in [0.1, 0.15) is 26.3 Å². The van der Waals surface area contributed by atoms with Gasteiger partial charge in [0.05, 0.1) is 0 Å². The summed E-state index contributed by atoms with van der Waals surface area (Å²) in [7, 11) is 0. The summed E-state index contributed by atoms with van der Waals surface area (Å²) in [6.07, 6.45) is 2.51. The zero-order valence-electron chi connectivity index (χ0n) is 12.0. The normalized spacial score (nSPS) is 11.6. The van der Waals surface area contributed by atoms with E-state index >= 15 is 0 Å². The van der Waals surface area contributed by atoms with Crippen molar-refractivity contribution in [3.63, 3.8) is 0 Å². The number of aromatic nitrogens is 1. The smallest absolute Gasteiger partial charge is 0.315 e. The molecule has 0 aliphatic rings. The van der Waals surface area contributed by atoms with Crippen molar-refractivity contribution in [2.75, 3.05) is 6.54 Å². The fourth-order valence-corrected chi connectivity index (χ4v) is 2.05. The minimum atomic E-state index is -0.256.